The van der Waals surface area contributed by atoms with Crippen LogP contribution in [0.1, 0.15) is 49.0 Å². The molecule has 0 radical (unpaired) electrons. The summed E-state index contributed by atoms with van der Waals surface area (Å²) in [6.07, 6.45) is 8.82. The second kappa shape index (κ2) is 15.1. The van der Waals surface area contributed by atoms with E-state index in [0.717, 1.165) is 31.7 Å². The molecule has 2 fully saturated rings. The first-order chi connectivity index (χ1) is 24.6. The Bertz CT molecular complexity index is 2000. The molecule has 2 unspecified atom stereocenters. The van der Waals surface area contributed by atoms with Crippen molar-refractivity contribution in [2.24, 2.45) is 0 Å². The Morgan fingerprint density at radius 1 is 1.02 bits per heavy atom. The SMILES string of the molecule is CC1COc2c(N3CCN(C)CC3)c(F)cc3c(=O)c(C(=O)O)cn1c23.CSc1ccc2c(c1)N(CCC1CCCCN1C)c1ccccc1S2. The number of carbonyl (C=O) groups is 1. The van der Waals surface area contributed by atoms with Crippen LogP contribution in [0, 0.1) is 5.82 Å². The first kappa shape index (κ1) is 35.7. The molecule has 270 valence electrons. The summed E-state index contributed by atoms with van der Waals surface area (Å²) in [5.41, 5.74) is 2.53. The number of para-hydroxylation sites is 1. The quantitative estimate of drug-likeness (QED) is 0.202. The number of hydrogen-bond donors (Lipinski definition) is 1. The van der Waals surface area contributed by atoms with Gasteiger partial charge in [-0.1, -0.05) is 30.3 Å². The zero-order valence-corrected chi connectivity index (χ0v) is 31.4. The van der Waals surface area contributed by atoms with Crippen LogP contribution < -0.4 is 20.0 Å². The third-order valence-corrected chi connectivity index (χ3v) is 12.5. The molecule has 51 heavy (non-hydrogen) atoms. The van der Waals surface area contributed by atoms with E-state index in [4.69, 9.17) is 4.74 Å². The van der Waals surface area contributed by atoms with Gasteiger partial charge in [0.15, 0.2) is 11.6 Å². The Morgan fingerprint density at radius 2 is 1.78 bits per heavy atom. The van der Waals surface area contributed by atoms with E-state index in [0.29, 0.717) is 30.0 Å². The van der Waals surface area contributed by atoms with Crippen LogP contribution in [-0.2, 0) is 0 Å². The normalized spacial score (nSPS) is 20.3. The van der Waals surface area contributed by atoms with Gasteiger partial charge in [-0.25, -0.2) is 9.18 Å². The maximum absolute atomic E-state index is 15.0. The van der Waals surface area contributed by atoms with E-state index in [1.165, 1.54) is 64.5 Å². The third-order valence-electron chi connectivity index (χ3n) is 10.6. The topological polar surface area (TPSA) is 81.5 Å². The number of anilines is 3. The number of benzene rings is 3. The fourth-order valence-electron chi connectivity index (χ4n) is 7.65. The van der Waals surface area contributed by atoms with Crippen LogP contribution >= 0.6 is 23.5 Å². The van der Waals surface area contributed by atoms with Crippen molar-refractivity contribution in [1.29, 1.82) is 0 Å². The number of piperazine rings is 1. The predicted molar refractivity (Wildman–Crippen MR) is 206 cm³/mol. The standard InChI is InChI=1S/C21H26N2S2.C18H20FN3O4/c1-22-13-6-5-7-16(22)12-14-23-18-8-3-4-9-20(18)25-21-11-10-17(24-2)15-19(21)23;1-10-9-26-17-14-11(16(23)12(18(24)25)8-22(10)14)7-13(19)15(17)21-5-3-20(2)4-6-21/h3-4,8-11,15-16H,5-7,12-14H2,1-2H3;7-8,10H,3-6,9H2,1-2H3,(H,24,25). The largest absolute Gasteiger partial charge is 0.487 e. The average Bonchev–Trinajstić information content (AvgIpc) is 3.13. The van der Waals surface area contributed by atoms with E-state index in [-0.39, 0.29) is 23.6 Å². The zero-order chi connectivity index (χ0) is 35.8. The Morgan fingerprint density at radius 3 is 2.53 bits per heavy atom. The summed E-state index contributed by atoms with van der Waals surface area (Å²) < 4.78 is 22.6. The van der Waals surface area contributed by atoms with Gasteiger partial charge in [-0.05, 0) is 89.5 Å². The lowest BCUT2D eigenvalue weighted by Gasteiger charge is -2.37. The number of piperidine rings is 1. The molecule has 9 nitrogen and oxygen atoms in total. The summed E-state index contributed by atoms with van der Waals surface area (Å²) in [6.45, 7) is 7.42. The smallest absolute Gasteiger partial charge is 0.341 e. The van der Waals surface area contributed by atoms with Gasteiger partial charge in [0.05, 0.1) is 28.3 Å². The second-order valence-electron chi connectivity index (χ2n) is 13.9. The van der Waals surface area contributed by atoms with Gasteiger partial charge in [0.1, 0.15) is 17.9 Å². The predicted octanol–water partition coefficient (Wildman–Crippen LogP) is 7.43. The summed E-state index contributed by atoms with van der Waals surface area (Å²) in [5, 5.41) is 9.36. The molecule has 12 heteroatoms. The molecular weight excluding hydrogens is 686 g/mol. The fraction of sp³-hybridized carbons (Fsp3) is 0.436. The number of hydrogen-bond acceptors (Lipinski definition) is 9. The van der Waals surface area contributed by atoms with E-state index in [9.17, 15) is 19.1 Å². The van der Waals surface area contributed by atoms with E-state index in [1.807, 2.05) is 42.4 Å². The highest BCUT2D eigenvalue weighted by Crippen LogP contribution is 2.49. The van der Waals surface area contributed by atoms with Crippen molar-refractivity contribution in [3.8, 4) is 5.75 Å². The molecule has 0 aliphatic carbocycles. The van der Waals surface area contributed by atoms with Crippen LogP contribution in [0.5, 0.6) is 5.75 Å². The van der Waals surface area contributed by atoms with E-state index >= 15 is 0 Å². The van der Waals surface area contributed by atoms with E-state index in [1.54, 1.807) is 4.57 Å². The van der Waals surface area contributed by atoms with Crippen molar-refractivity contribution in [3.63, 3.8) is 0 Å². The van der Waals surface area contributed by atoms with Gasteiger partial charge >= 0.3 is 5.97 Å². The number of carboxylic acid groups (broad SMARTS) is 1. The Hall–Kier alpha value is -3.71. The molecule has 4 aliphatic heterocycles. The number of aromatic nitrogens is 1. The molecule has 1 aromatic heterocycles. The van der Waals surface area contributed by atoms with Crippen LogP contribution in [0.2, 0.25) is 0 Å². The number of aromatic carboxylic acids is 1. The average molecular weight is 732 g/mol. The summed E-state index contributed by atoms with van der Waals surface area (Å²) in [5.74, 6) is -1.54. The number of fused-ring (bicyclic) bond motifs is 2. The molecule has 2 saturated heterocycles. The van der Waals surface area contributed by atoms with Gasteiger partial charge < -0.3 is 34.0 Å². The Balaban J connectivity index is 0.000000159. The molecular formula is C39H46FN5O4S2. The van der Waals surface area contributed by atoms with Crippen molar-refractivity contribution in [2.75, 3.05) is 76.0 Å². The number of nitrogens with zero attached hydrogens (tertiary/aromatic N) is 5. The molecule has 3 aromatic carbocycles. The highest BCUT2D eigenvalue weighted by molar-refractivity contribution is 8.00. The highest BCUT2D eigenvalue weighted by Gasteiger charge is 2.31. The number of carboxylic acids is 1. The molecule has 5 heterocycles. The lowest BCUT2D eigenvalue weighted by molar-refractivity contribution is 0.0694. The molecule has 0 saturated carbocycles. The zero-order valence-electron chi connectivity index (χ0n) is 29.7. The van der Waals surface area contributed by atoms with Gasteiger partial charge in [-0.15, -0.1) is 11.8 Å². The maximum Gasteiger partial charge on any atom is 0.341 e. The Labute approximate surface area is 307 Å². The van der Waals surface area contributed by atoms with E-state index in [2.05, 4.69) is 70.5 Å². The van der Waals surface area contributed by atoms with Crippen LogP contribution in [-0.4, -0.2) is 97.7 Å². The third kappa shape index (κ3) is 7.07. The van der Waals surface area contributed by atoms with Crippen molar-refractivity contribution in [1.82, 2.24) is 14.4 Å². The highest BCUT2D eigenvalue weighted by atomic mass is 32.2. The number of halogens is 1. The maximum atomic E-state index is 15.0. The van der Waals surface area contributed by atoms with E-state index < -0.39 is 17.2 Å². The van der Waals surface area contributed by atoms with Gasteiger partial charge in [-0.3, -0.25) is 4.79 Å². The van der Waals surface area contributed by atoms with Gasteiger partial charge in [-0.2, -0.15) is 0 Å². The second-order valence-corrected chi connectivity index (χ2v) is 15.9. The minimum atomic E-state index is -1.32. The lowest BCUT2D eigenvalue weighted by atomic mass is 9.99. The van der Waals surface area contributed by atoms with Crippen LogP contribution in [0.25, 0.3) is 10.9 Å². The molecule has 1 N–H and O–H groups in total. The minimum Gasteiger partial charge on any atom is -0.487 e. The first-order valence-corrected chi connectivity index (χ1v) is 19.8. The molecule has 0 amide bonds. The fourth-order valence-corrected chi connectivity index (χ4v) is 9.16. The number of likely N-dealkylation sites (N-methyl/N-ethyl adjacent to an activating group) is 1. The molecule has 2 atom stereocenters. The summed E-state index contributed by atoms with van der Waals surface area (Å²) >= 11 is 3.73. The molecule has 0 bridgehead atoms. The lowest BCUT2D eigenvalue weighted by Crippen LogP contribution is -2.45. The molecule has 4 aromatic rings. The summed E-state index contributed by atoms with van der Waals surface area (Å²) in [4.78, 5) is 37.3. The van der Waals surface area contributed by atoms with Gasteiger partial charge in [0, 0.05) is 59.6 Å². The van der Waals surface area contributed by atoms with Crippen LogP contribution in [0.15, 0.2) is 74.2 Å². The van der Waals surface area contributed by atoms with Crippen molar-refractivity contribution >= 4 is 57.5 Å². The number of likely N-dealkylation sites (tertiary alicyclic amines) is 1. The molecule has 4 aliphatic rings. The summed E-state index contributed by atoms with van der Waals surface area (Å²) in [7, 11) is 4.31. The number of pyridine rings is 1. The van der Waals surface area contributed by atoms with Crippen LogP contribution in [0.4, 0.5) is 21.5 Å². The first-order valence-electron chi connectivity index (χ1n) is 17.8. The number of rotatable bonds is 6. The minimum absolute atomic E-state index is 0.0434. The van der Waals surface area contributed by atoms with Gasteiger partial charge in [0.2, 0.25) is 5.43 Å². The van der Waals surface area contributed by atoms with Crippen LogP contribution in [0.3, 0.4) is 0 Å². The molecule has 0 spiro atoms. The van der Waals surface area contributed by atoms with Crippen molar-refractivity contribution in [2.45, 2.75) is 59.4 Å². The number of thioether (sulfide) groups is 1. The summed E-state index contributed by atoms with van der Waals surface area (Å²) in [6, 6.07) is 17.5. The Kier molecular flexibility index (Phi) is 10.6. The van der Waals surface area contributed by atoms with Crippen molar-refractivity contribution in [3.05, 3.63) is 76.3 Å². The monoisotopic (exact) mass is 731 g/mol. The molecule has 8 rings (SSSR count). The van der Waals surface area contributed by atoms with Gasteiger partial charge in [0.25, 0.3) is 0 Å². The number of ether oxygens (including phenoxy) is 1. The van der Waals surface area contributed by atoms with Crippen molar-refractivity contribution < 1.29 is 19.0 Å².